The molecule has 0 fully saturated rings. The Morgan fingerprint density at radius 2 is 1.71 bits per heavy atom. The second-order valence-electron chi connectivity index (χ2n) is 4.99. The van der Waals surface area contributed by atoms with E-state index in [0.717, 1.165) is 18.1 Å². The highest BCUT2D eigenvalue weighted by atomic mass is 19.4. The van der Waals surface area contributed by atoms with Gasteiger partial charge in [0.2, 0.25) is 0 Å². The molecule has 1 N–H and O–H groups in total. The number of alkyl halides is 3. The van der Waals surface area contributed by atoms with Crippen molar-refractivity contribution in [3.63, 3.8) is 0 Å². The summed E-state index contributed by atoms with van der Waals surface area (Å²) in [6, 6.07) is 15.6. The minimum Gasteiger partial charge on any atom is -0.313 e. The van der Waals surface area contributed by atoms with Crippen molar-refractivity contribution in [1.82, 2.24) is 5.32 Å². The van der Waals surface area contributed by atoms with Gasteiger partial charge < -0.3 is 5.32 Å². The summed E-state index contributed by atoms with van der Waals surface area (Å²) in [4.78, 5) is 0. The van der Waals surface area contributed by atoms with Gasteiger partial charge in [-0.25, -0.2) is 0 Å². The molecule has 1 unspecified atom stereocenters. The summed E-state index contributed by atoms with van der Waals surface area (Å²) in [5.41, 5.74) is 1.27. The SMILES string of the molecule is CNC(CCc1cccc(C(F)(F)F)c1)c1ccccc1. The van der Waals surface area contributed by atoms with Crippen molar-refractivity contribution < 1.29 is 13.2 Å². The van der Waals surface area contributed by atoms with Crippen LogP contribution in [0.1, 0.15) is 29.2 Å². The molecule has 0 saturated heterocycles. The molecule has 21 heavy (non-hydrogen) atoms. The van der Waals surface area contributed by atoms with E-state index in [4.69, 9.17) is 0 Å². The van der Waals surface area contributed by atoms with Gasteiger partial charge in [-0.2, -0.15) is 13.2 Å². The summed E-state index contributed by atoms with van der Waals surface area (Å²) in [5, 5.41) is 3.21. The van der Waals surface area contributed by atoms with Gasteiger partial charge in [0, 0.05) is 6.04 Å². The maximum Gasteiger partial charge on any atom is 0.416 e. The minimum absolute atomic E-state index is 0.140. The van der Waals surface area contributed by atoms with Crippen LogP contribution in [-0.4, -0.2) is 7.05 Å². The Morgan fingerprint density at radius 3 is 2.33 bits per heavy atom. The maximum atomic E-state index is 12.7. The van der Waals surface area contributed by atoms with E-state index in [1.54, 1.807) is 6.07 Å². The second-order valence-corrected chi connectivity index (χ2v) is 4.99. The predicted molar refractivity (Wildman–Crippen MR) is 78.0 cm³/mol. The number of rotatable bonds is 5. The quantitative estimate of drug-likeness (QED) is 0.849. The minimum atomic E-state index is -4.28. The van der Waals surface area contributed by atoms with Gasteiger partial charge in [0.15, 0.2) is 0 Å². The highest BCUT2D eigenvalue weighted by Crippen LogP contribution is 2.30. The van der Waals surface area contributed by atoms with Gasteiger partial charge in [-0.05, 0) is 37.1 Å². The van der Waals surface area contributed by atoms with E-state index < -0.39 is 11.7 Å². The van der Waals surface area contributed by atoms with Crippen molar-refractivity contribution in [3.8, 4) is 0 Å². The first-order valence-electron chi connectivity index (χ1n) is 6.89. The fraction of sp³-hybridized carbons (Fsp3) is 0.294. The Kier molecular flexibility index (Phi) is 5.02. The van der Waals surface area contributed by atoms with E-state index in [1.165, 1.54) is 12.1 Å². The average molecular weight is 293 g/mol. The monoisotopic (exact) mass is 293 g/mol. The lowest BCUT2D eigenvalue weighted by Gasteiger charge is -2.17. The molecule has 0 aliphatic carbocycles. The summed E-state index contributed by atoms with van der Waals surface area (Å²) < 4.78 is 38.1. The lowest BCUT2D eigenvalue weighted by atomic mass is 9.98. The van der Waals surface area contributed by atoms with Crippen molar-refractivity contribution in [2.45, 2.75) is 25.1 Å². The number of hydrogen-bond acceptors (Lipinski definition) is 1. The first kappa shape index (κ1) is 15.6. The number of benzene rings is 2. The van der Waals surface area contributed by atoms with Gasteiger partial charge in [-0.3, -0.25) is 0 Å². The molecule has 0 radical (unpaired) electrons. The number of aryl methyl sites for hydroxylation is 1. The molecule has 112 valence electrons. The van der Waals surface area contributed by atoms with Crippen molar-refractivity contribution in [3.05, 3.63) is 71.3 Å². The van der Waals surface area contributed by atoms with Crippen LogP contribution < -0.4 is 5.32 Å². The van der Waals surface area contributed by atoms with Crippen molar-refractivity contribution >= 4 is 0 Å². The van der Waals surface area contributed by atoms with Crippen LogP contribution in [0.25, 0.3) is 0 Å². The van der Waals surface area contributed by atoms with Crippen molar-refractivity contribution in [2.75, 3.05) is 7.05 Å². The smallest absolute Gasteiger partial charge is 0.313 e. The molecule has 0 amide bonds. The van der Waals surface area contributed by atoms with Crippen LogP contribution in [0, 0.1) is 0 Å². The predicted octanol–water partition coefficient (Wildman–Crippen LogP) is 4.60. The van der Waals surface area contributed by atoms with Crippen LogP contribution >= 0.6 is 0 Å². The molecule has 0 aromatic heterocycles. The topological polar surface area (TPSA) is 12.0 Å². The highest BCUT2D eigenvalue weighted by Gasteiger charge is 2.30. The number of hydrogen-bond donors (Lipinski definition) is 1. The van der Waals surface area contributed by atoms with E-state index in [-0.39, 0.29) is 6.04 Å². The van der Waals surface area contributed by atoms with E-state index in [0.29, 0.717) is 12.0 Å². The molecule has 2 aromatic rings. The van der Waals surface area contributed by atoms with E-state index >= 15 is 0 Å². The van der Waals surface area contributed by atoms with Gasteiger partial charge in [0.05, 0.1) is 5.56 Å². The van der Waals surface area contributed by atoms with Crippen LogP contribution in [-0.2, 0) is 12.6 Å². The van der Waals surface area contributed by atoms with Crippen LogP contribution in [0.2, 0.25) is 0 Å². The fourth-order valence-corrected chi connectivity index (χ4v) is 2.38. The van der Waals surface area contributed by atoms with Gasteiger partial charge in [-0.1, -0.05) is 48.5 Å². The molecule has 0 spiro atoms. The molecule has 0 heterocycles. The van der Waals surface area contributed by atoms with Crippen LogP contribution in [0.5, 0.6) is 0 Å². The third-order valence-corrected chi connectivity index (χ3v) is 3.53. The Balaban J connectivity index is 2.05. The molecule has 1 atom stereocenters. The molecule has 0 bridgehead atoms. The number of halogens is 3. The second kappa shape index (κ2) is 6.76. The molecule has 0 saturated carbocycles. The first-order chi connectivity index (χ1) is 10.0. The summed E-state index contributed by atoms with van der Waals surface area (Å²) in [6.07, 6.45) is -2.93. The van der Waals surface area contributed by atoms with Gasteiger partial charge >= 0.3 is 6.18 Å². The Hall–Kier alpha value is -1.81. The molecule has 2 aromatic carbocycles. The lowest BCUT2D eigenvalue weighted by molar-refractivity contribution is -0.137. The third kappa shape index (κ3) is 4.33. The zero-order valence-electron chi connectivity index (χ0n) is 11.8. The van der Waals surface area contributed by atoms with Crippen LogP contribution in [0.4, 0.5) is 13.2 Å². The van der Waals surface area contributed by atoms with E-state index in [9.17, 15) is 13.2 Å². The molecule has 4 heteroatoms. The maximum absolute atomic E-state index is 12.7. The number of nitrogens with one attached hydrogen (secondary N) is 1. The molecule has 0 aliphatic heterocycles. The summed E-state index contributed by atoms with van der Waals surface area (Å²) in [5.74, 6) is 0. The zero-order valence-corrected chi connectivity index (χ0v) is 11.8. The summed E-state index contributed by atoms with van der Waals surface area (Å²) >= 11 is 0. The van der Waals surface area contributed by atoms with E-state index in [2.05, 4.69) is 5.32 Å². The van der Waals surface area contributed by atoms with Crippen molar-refractivity contribution in [2.24, 2.45) is 0 Å². The van der Waals surface area contributed by atoms with Gasteiger partial charge in [-0.15, -0.1) is 0 Å². The highest BCUT2D eigenvalue weighted by molar-refractivity contribution is 5.26. The molecule has 0 aliphatic rings. The molecule has 2 rings (SSSR count). The van der Waals surface area contributed by atoms with Gasteiger partial charge in [0.1, 0.15) is 0 Å². The first-order valence-corrected chi connectivity index (χ1v) is 6.89. The third-order valence-electron chi connectivity index (χ3n) is 3.53. The fourth-order valence-electron chi connectivity index (χ4n) is 2.38. The Morgan fingerprint density at radius 1 is 1.00 bits per heavy atom. The average Bonchev–Trinajstić information content (AvgIpc) is 2.48. The largest absolute Gasteiger partial charge is 0.416 e. The van der Waals surface area contributed by atoms with E-state index in [1.807, 2.05) is 37.4 Å². The molecule has 1 nitrogen and oxygen atoms in total. The summed E-state index contributed by atoms with van der Waals surface area (Å²) in [7, 11) is 1.86. The summed E-state index contributed by atoms with van der Waals surface area (Å²) in [6.45, 7) is 0. The molecular weight excluding hydrogens is 275 g/mol. The van der Waals surface area contributed by atoms with Crippen molar-refractivity contribution in [1.29, 1.82) is 0 Å². The standard InChI is InChI=1S/C17H18F3N/c1-21-16(14-7-3-2-4-8-14)11-10-13-6-5-9-15(12-13)17(18,19)20/h2-9,12,16,21H,10-11H2,1H3. The Labute approximate surface area is 122 Å². The Bertz CT molecular complexity index is 564. The zero-order chi connectivity index (χ0) is 15.3. The van der Waals surface area contributed by atoms with Gasteiger partial charge in [0.25, 0.3) is 0 Å². The normalized spacial score (nSPS) is 13.1. The molecular formula is C17H18F3N. The van der Waals surface area contributed by atoms with Crippen LogP contribution in [0.15, 0.2) is 54.6 Å². The lowest BCUT2D eigenvalue weighted by Crippen LogP contribution is -2.17. The van der Waals surface area contributed by atoms with Crippen LogP contribution in [0.3, 0.4) is 0 Å².